The summed E-state index contributed by atoms with van der Waals surface area (Å²) in [6.07, 6.45) is 7.93. The van der Waals surface area contributed by atoms with E-state index in [-0.39, 0.29) is 0 Å². The highest BCUT2D eigenvalue weighted by molar-refractivity contribution is 5.12. The van der Waals surface area contributed by atoms with Crippen molar-refractivity contribution in [2.45, 2.75) is 52.9 Å². The highest BCUT2D eigenvalue weighted by Gasteiger charge is 2.05. The van der Waals surface area contributed by atoms with E-state index in [9.17, 15) is 0 Å². The van der Waals surface area contributed by atoms with E-state index < -0.39 is 0 Å². The molecule has 0 aromatic rings. The van der Waals surface area contributed by atoms with Crippen LogP contribution in [0.1, 0.15) is 52.9 Å². The van der Waals surface area contributed by atoms with Crippen LogP contribution in [0.5, 0.6) is 0 Å². The van der Waals surface area contributed by atoms with Crippen LogP contribution in [0.2, 0.25) is 0 Å². The Morgan fingerprint density at radius 1 is 1.16 bits per heavy atom. The van der Waals surface area contributed by atoms with Gasteiger partial charge in [0.15, 0.2) is 0 Å². The molecule has 0 amide bonds. The van der Waals surface area contributed by atoms with Crippen molar-refractivity contribution in [1.82, 2.24) is 4.90 Å². The fraction of sp³-hybridized carbons (Fsp3) is 0.667. The monoisotopic (exact) mass is 263 g/mol. The van der Waals surface area contributed by atoms with Crippen molar-refractivity contribution in [1.29, 1.82) is 0 Å². The van der Waals surface area contributed by atoms with Gasteiger partial charge in [0.25, 0.3) is 0 Å². The van der Waals surface area contributed by atoms with E-state index in [0.717, 1.165) is 31.1 Å². The first-order valence-electron chi connectivity index (χ1n) is 7.68. The summed E-state index contributed by atoms with van der Waals surface area (Å²) in [6.45, 7) is 22.0. The van der Waals surface area contributed by atoms with Crippen molar-refractivity contribution in [3.05, 3.63) is 37.0 Å². The molecule has 0 aliphatic rings. The van der Waals surface area contributed by atoms with E-state index >= 15 is 0 Å². The predicted molar refractivity (Wildman–Crippen MR) is 88.5 cm³/mol. The highest BCUT2D eigenvalue weighted by Crippen LogP contribution is 2.15. The van der Waals surface area contributed by atoms with Gasteiger partial charge in [0.05, 0.1) is 0 Å². The normalized spacial score (nSPS) is 11.0. The van der Waals surface area contributed by atoms with Crippen molar-refractivity contribution in [2.24, 2.45) is 5.92 Å². The molecule has 0 N–H and O–H groups in total. The minimum Gasteiger partial charge on any atom is -0.299 e. The molecule has 0 bridgehead atoms. The summed E-state index contributed by atoms with van der Waals surface area (Å²) in [4.78, 5) is 2.48. The molecule has 0 saturated heterocycles. The van der Waals surface area contributed by atoms with Crippen LogP contribution in [0.3, 0.4) is 0 Å². The van der Waals surface area contributed by atoms with Crippen LogP contribution in [-0.2, 0) is 0 Å². The van der Waals surface area contributed by atoms with Crippen molar-refractivity contribution < 1.29 is 0 Å². The number of hydrogen-bond donors (Lipinski definition) is 0. The topological polar surface area (TPSA) is 3.24 Å². The first-order valence-corrected chi connectivity index (χ1v) is 7.68. The van der Waals surface area contributed by atoms with Gasteiger partial charge in [-0.25, -0.2) is 0 Å². The fourth-order valence-electron chi connectivity index (χ4n) is 2.33. The average Bonchev–Trinajstić information content (AvgIpc) is 2.33. The second kappa shape index (κ2) is 11.0. The Labute approximate surface area is 121 Å². The van der Waals surface area contributed by atoms with Crippen LogP contribution in [0, 0.1) is 5.92 Å². The first kappa shape index (κ1) is 18.2. The van der Waals surface area contributed by atoms with Crippen LogP contribution < -0.4 is 0 Å². The fourth-order valence-corrected chi connectivity index (χ4v) is 2.33. The van der Waals surface area contributed by atoms with E-state index in [2.05, 4.69) is 45.4 Å². The summed E-state index contributed by atoms with van der Waals surface area (Å²) < 4.78 is 0. The van der Waals surface area contributed by atoms with E-state index in [0.29, 0.717) is 0 Å². The minimum absolute atomic E-state index is 0.736. The minimum atomic E-state index is 0.736. The first-order chi connectivity index (χ1) is 8.99. The third kappa shape index (κ3) is 10.8. The smallest absolute Gasteiger partial charge is 0.0227 e. The molecule has 0 aliphatic carbocycles. The van der Waals surface area contributed by atoms with Crippen LogP contribution in [-0.4, -0.2) is 24.5 Å². The van der Waals surface area contributed by atoms with Gasteiger partial charge in [-0.3, -0.25) is 4.90 Å². The lowest BCUT2D eigenvalue weighted by Crippen LogP contribution is -2.27. The van der Waals surface area contributed by atoms with Gasteiger partial charge in [-0.1, -0.05) is 52.2 Å². The molecule has 0 atom stereocenters. The quantitative estimate of drug-likeness (QED) is 0.265. The van der Waals surface area contributed by atoms with Gasteiger partial charge in [-0.05, 0) is 56.7 Å². The van der Waals surface area contributed by atoms with Crippen LogP contribution in [0.25, 0.3) is 0 Å². The number of rotatable bonds is 12. The molecule has 1 heteroatoms. The molecule has 0 radical (unpaired) electrons. The zero-order valence-electron chi connectivity index (χ0n) is 13.4. The summed E-state index contributed by atoms with van der Waals surface area (Å²) in [6, 6.07) is 0. The maximum absolute atomic E-state index is 4.17. The van der Waals surface area contributed by atoms with Crippen molar-refractivity contribution in [2.75, 3.05) is 19.6 Å². The van der Waals surface area contributed by atoms with Gasteiger partial charge in [0, 0.05) is 6.54 Å². The van der Waals surface area contributed by atoms with Gasteiger partial charge in [0.2, 0.25) is 0 Å². The third-order valence-electron chi connectivity index (χ3n) is 3.21. The Bertz CT molecular complexity index is 275. The second-order valence-corrected chi connectivity index (χ2v) is 5.94. The van der Waals surface area contributed by atoms with Gasteiger partial charge in [-0.15, -0.1) is 0 Å². The molecule has 0 spiro atoms. The maximum atomic E-state index is 4.17. The number of allylic oxidation sites excluding steroid dienone is 1. The molecule has 0 aliphatic heterocycles. The van der Waals surface area contributed by atoms with Crippen LogP contribution in [0.15, 0.2) is 37.0 Å². The molecule has 0 aromatic carbocycles. The zero-order chi connectivity index (χ0) is 14.7. The largest absolute Gasteiger partial charge is 0.299 e. The molecular formula is C18H33N. The number of nitrogens with zero attached hydrogens (tertiary/aromatic N) is 1. The lowest BCUT2D eigenvalue weighted by atomic mass is 10.00. The molecule has 0 saturated carbocycles. The average molecular weight is 263 g/mol. The predicted octanol–water partition coefficient (Wildman–Crippen LogP) is 5.21. The summed E-state index contributed by atoms with van der Waals surface area (Å²) >= 11 is 0. The number of hydrogen-bond acceptors (Lipinski definition) is 1. The standard InChI is InChI=1S/C18H33N/c1-7-12-19(15-17(5)8-2)13-10-9-11-18(6)14-16(3)4/h8,16H,2,5-7,9-15H2,1,3-4H3. The van der Waals surface area contributed by atoms with Crippen molar-refractivity contribution in [3.63, 3.8) is 0 Å². The van der Waals surface area contributed by atoms with Crippen molar-refractivity contribution in [3.8, 4) is 0 Å². The van der Waals surface area contributed by atoms with Crippen LogP contribution >= 0.6 is 0 Å². The third-order valence-corrected chi connectivity index (χ3v) is 3.21. The Morgan fingerprint density at radius 3 is 2.37 bits per heavy atom. The van der Waals surface area contributed by atoms with E-state index in [4.69, 9.17) is 0 Å². The lowest BCUT2D eigenvalue weighted by Gasteiger charge is -2.22. The van der Waals surface area contributed by atoms with Gasteiger partial charge < -0.3 is 0 Å². The highest BCUT2D eigenvalue weighted by atomic mass is 15.1. The van der Waals surface area contributed by atoms with Crippen LogP contribution in [0.4, 0.5) is 0 Å². The molecule has 0 fully saturated rings. The second-order valence-electron chi connectivity index (χ2n) is 5.94. The van der Waals surface area contributed by atoms with E-state index in [1.807, 2.05) is 6.08 Å². The summed E-state index contributed by atoms with van der Waals surface area (Å²) in [5.74, 6) is 0.736. The zero-order valence-corrected chi connectivity index (χ0v) is 13.4. The molecule has 110 valence electrons. The number of unbranched alkanes of at least 4 members (excludes halogenated alkanes) is 1. The summed E-state index contributed by atoms with van der Waals surface area (Å²) in [5, 5.41) is 0. The molecule has 0 heterocycles. The Morgan fingerprint density at radius 2 is 1.84 bits per heavy atom. The molecule has 0 unspecified atom stereocenters. The Balaban J connectivity index is 3.83. The van der Waals surface area contributed by atoms with Gasteiger partial charge in [0.1, 0.15) is 0 Å². The SMILES string of the molecule is C=CC(=C)CN(CCC)CCCCC(=C)CC(C)C. The maximum Gasteiger partial charge on any atom is 0.0227 e. The molecule has 1 nitrogen and oxygen atoms in total. The molecule has 0 aromatic heterocycles. The Kier molecular flexibility index (Phi) is 10.6. The molecule has 0 rings (SSSR count). The lowest BCUT2D eigenvalue weighted by molar-refractivity contribution is 0.292. The Hall–Kier alpha value is -0.820. The van der Waals surface area contributed by atoms with Crippen molar-refractivity contribution >= 4 is 0 Å². The van der Waals surface area contributed by atoms with E-state index in [1.165, 1.54) is 37.7 Å². The summed E-state index contributed by atoms with van der Waals surface area (Å²) in [7, 11) is 0. The molecular weight excluding hydrogens is 230 g/mol. The van der Waals surface area contributed by atoms with E-state index in [1.54, 1.807) is 0 Å². The summed E-state index contributed by atoms with van der Waals surface area (Å²) in [5.41, 5.74) is 2.53. The van der Waals surface area contributed by atoms with Gasteiger partial charge >= 0.3 is 0 Å². The molecule has 19 heavy (non-hydrogen) atoms. The van der Waals surface area contributed by atoms with Gasteiger partial charge in [-0.2, -0.15) is 0 Å².